The fourth-order valence-electron chi connectivity index (χ4n) is 3.51. The minimum Gasteiger partial charge on any atom is -0.369 e. The second-order valence-electron chi connectivity index (χ2n) is 6.06. The molecule has 0 amide bonds. The van der Waals surface area contributed by atoms with Gasteiger partial charge in [0.15, 0.2) is 0 Å². The lowest BCUT2D eigenvalue weighted by atomic mass is 9.93. The number of benzene rings is 1. The Morgan fingerprint density at radius 1 is 1.24 bits per heavy atom. The van der Waals surface area contributed by atoms with Crippen molar-refractivity contribution in [1.29, 1.82) is 0 Å². The van der Waals surface area contributed by atoms with Gasteiger partial charge in [0.05, 0.1) is 0 Å². The largest absolute Gasteiger partial charge is 0.369 e. The van der Waals surface area contributed by atoms with E-state index in [-0.39, 0.29) is 0 Å². The Bertz CT molecular complexity index is 441. The van der Waals surface area contributed by atoms with Gasteiger partial charge in [0.1, 0.15) is 0 Å². The van der Waals surface area contributed by atoms with Crippen molar-refractivity contribution in [3.63, 3.8) is 0 Å². The summed E-state index contributed by atoms with van der Waals surface area (Å²) in [5, 5.41) is 4.32. The summed E-state index contributed by atoms with van der Waals surface area (Å²) >= 11 is 6.53. The van der Waals surface area contributed by atoms with Gasteiger partial charge in [0.25, 0.3) is 0 Å². The molecule has 1 atom stereocenters. The molecule has 0 spiro atoms. The van der Waals surface area contributed by atoms with Gasteiger partial charge in [-0.15, -0.1) is 0 Å². The standard InChI is InChI=1S/C18H29ClN2/c1-4-20-14(3)17-12-11-16(13-18(17)19)21(5-2)15-9-7-6-8-10-15/h11-15,20H,4-10H2,1-3H3. The molecule has 1 aromatic carbocycles. The molecule has 1 aliphatic rings. The maximum absolute atomic E-state index is 6.53. The Hall–Kier alpha value is -0.730. The second-order valence-corrected chi connectivity index (χ2v) is 6.47. The summed E-state index contributed by atoms with van der Waals surface area (Å²) in [6.07, 6.45) is 6.77. The third-order valence-electron chi connectivity index (χ3n) is 4.65. The van der Waals surface area contributed by atoms with E-state index in [0.717, 1.165) is 18.1 Å². The highest BCUT2D eigenvalue weighted by atomic mass is 35.5. The Morgan fingerprint density at radius 2 is 1.95 bits per heavy atom. The van der Waals surface area contributed by atoms with Gasteiger partial charge >= 0.3 is 0 Å². The van der Waals surface area contributed by atoms with Crippen LogP contribution in [0, 0.1) is 0 Å². The first-order valence-corrected chi connectivity index (χ1v) is 8.84. The van der Waals surface area contributed by atoms with Crippen molar-refractivity contribution in [3.8, 4) is 0 Å². The maximum Gasteiger partial charge on any atom is 0.0474 e. The highest BCUT2D eigenvalue weighted by molar-refractivity contribution is 6.31. The van der Waals surface area contributed by atoms with Crippen LogP contribution < -0.4 is 10.2 Å². The smallest absolute Gasteiger partial charge is 0.0474 e. The zero-order valence-corrected chi connectivity index (χ0v) is 14.4. The first-order valence-electron chi connectivity index (χ1n) is 8.46. The summed E-state index contributed by atoms with van der Waals surface area (Å²) in [6.45, 7) is 8.56. The Kier molecular flexibility index (Phi) is 6.38. The predicted octanol–water partition coefficient (Wildman–Crippen LogP) is 5.17. The van der Waals surface area contributed by atoms with E-state index in [1.807, 2.05) is 0 Å². The van der Waals surface area contributed by atoms with Gasteiger partial charge in [-0.25, -0.2) is 0 Å². The minimum absolute atomic E-state index is 0.307. The fraction of sp³-hybridized carbons (Fsp3) is 0.667. The predicted molar refractivity (Wildman–Crippen MR) is 93.4 cm³/mol. The molecule has 0 radical (unpaired) electrons. The van der Waals surface area contributed by atoms with Crippen LogP contribution in [0.15, 0.2) is 18.2 Å². The molecule has 0 aromatic heterocycles. The number of anilines is 1. The van der Waals surface area contributed by atoms with Crippen molar-refractivity contribution in [2.45, 2.75) is 65.0 Å². The molecule has 3 heteroatoms. The van der Waals surface area contributed by atoms with Gasteiger partial charge < -0.3 is 10.2 Å². The summed E-state index contributed by atoms with van der Waals surface area (Å²) in [6, 6.07) is 7.59. The van der Waals surface area contributed by atoms with E-state index in [4.69, 9.17) is 11.6 Å². The van der Waals surface area contributed by atoms with Crippen LogP contribution >= 0.6 is 11.6 Å². The van der Waals surface area contributed by atoms with E-state index >= 15 is 0 Å². The van der Waals surface area contributed by atoms with E-state index in [1.165, 1.54) is 43.4 Å². The first-order chi connectivity index (χ1) is 10.2. The molecule has 1 fully saturated rings. The van der Waals surface area contributed by atoms with Gasteiger partial charge in [0.2, 0.25) is 0 Å². The first kappa shape index (κ1) is 16.6. The molecule has 118 valence electrons. The summed E-state index contributed by atoms with van der Waals surface area (Å²) in [7, 11) is 0. The highest BCUT2D eigenvalue weighted by Crippen LogP contribution is 2.32. The quantitative estimate of drug-likeness (QED) is 0.780. The molecule has 2 nitrogen and oxygen atoms in total. The molecule has 21 heavy (non-hydrogen) atoms. The molecule has 0 heterocycles. The van der Waals surface area contributed by atoms with E-state index < -0.39 is 0 Å². The number of nitrogens with one attached hydrogen (secondary N) is 1. The van der Waals surface area contributed by atoms with E-state index in [9.17, 15) is 0 Å². The van der Waals surface area contributed by atoms with Crippen LogP contribution in [0.1, 0.15) is 64.5 Å². The lowest BCUT2D eigenvalue weighted by Gasteiger charge is -2.35. The van der Waals surface area contributed by atoms with Gasteiger partial charge in [-0.3, -0.25) is 0 Å². The number of rotatable bonds is 6. The number of hydrogen-bond acceptors (Lipinski definition) is 2. The number of nitrogens with zero attached hydrogens (tertiary/aromatic N) is 1. The van der Waals surface area contributed by atoms with Crippen molar-refractivity contribution in [3.05, 3.63) is 28.8 Å². The molecule has 0 aliphatic heterocycles. The molecule has 1 N–H and O–H groups in total. The Labute approximate surface area is 134 Å². The summed E-state index contributed by atoms with van der Waals surface area (Å²) < 4.78 is 0. The SMILES string of the molecule is CCNC(C)c1ccc(N(CC)C2CCCCC2)cc1Cl. The molecule has 1 aliphatic carbocycles. The van der Waals surface area contributed by atoms with Crippen molar-refractivity contribution < 1.29 is 0 Å². The molecule has 1 saturated carbocycles. The van der Waals surface area contributed by atoms with E-state index in [1.54, 1.807) is 0 Å². The normalized spacial score (nSPS) is 17.7. The summed E-state index contributed by atoms with van der Waals surface area (Å²) in [5.74, 6) is 0. The molecule has 0 bridgehead atoms. The van der Waals surface area contributed by atoms with Crippen molar-refractivity contribution in [2.24, 2.45) is 0 Å². The van der Waals surface area contributed by atoms with Crippen LogP contribution in [-0.4, -0.2) is 19.1 Å². The van der Waals surface area contributed by atoms with E-state index in [0.29, 0.717) is 12.1 Å². The Balaban J connectivity index is 2.16. The fourth-order valence-corrected chi connectivity index (χ4v) is 3.84. The third-order valence-corrected chi connectivity index (χ3v) is 4.98. The third kappa shape index (κ3) is 4.14. The van der Waals surface area contributed by atoms with Gasteiger partial charge in [0, 0.05) is 29.3 Å². The molecule has 1 unspecified atom stereocenters. The molecular weight excluding hydrogens is 280 g/mol. The minimum atomic E-state index is 0.307. The molecule has 1 aromatic rings. The topological polar surface area (TPSA) is 15.3 Å². The van der Waals surface area contributed by atoms with Crippen LogP contribution in [-0.2, 0) is 0 Å². The van der Waals surface area contributed by atoms with Crippen molar-refractivity contribution in [1.82, 2.24) is 5.32 Å². The van der Waals surface area contributed by atoms with Crippen LogP contribution in [0.4, 0.5) is 5.69 Å². The zero-order valence-electron chi connectivity index (χ0n) is 13.7. The summed E-state index contributed by atoms with van der Waals surface area (Å²) in [4.78, 5) is 2.53. The average Bonchev–Trinajstić information content (AvgIpc) is 2.49. The maximum atomic E-state index is 6.53. The average molecular weight is 309 g/mol. The highest BCUT2D eigenvalue weighted by Gasteiger charge is 2.21. The van der Waals surface area contributed by atoms with E-state index in [2.05, 4.69) is 49.2 Å². The van der Waals surface area contributed by atoms with Gasteiger partial charge in [-0.05, 0) is 50.9 Å². The summed E-state index contributed by atoms with van der Waals surface area (Å²) in [5.41, 5.74) is 2.48. The number of halogens is 1. The van der Waals surface area contributed by atoms with Crippen molar-refractivity contribution >= 4 is 17.3 Å². The lowest BCUT2D eigenvalue weighted by molar-refractivity contribution is 0.418. The zero-order chi connectivity index (χ0) is 15.2. The molecule has 2 rings (SSSR count). The number of hydrogen-bond donors (Lipinski definition) is 1. The monoisotopic (exact) mass is 308 g/mol. The van der Waals surface area contributed by atoms with Crippen LogP contribution in [0.2, 0.25) is 5.02 Å². The van der Waals surface area contributed by atoms with Gasteiger partial charge in [-0.2, -0.15) is 0 Å². The van der Waals surface area contributed by atoms with Crippen LogP contribution in [0.3, 0.4) is 0 Å². The molecular formula is C18H29ClN2. The van der Waals surface area contributed by atoms with Crippen LogP contribution in [0.25, 0.3) is 0 Å². The molecule has 0 saturated heterocycles. The van der Waals surface area contributed by atoms with Crippen molar-refractivity contribution in [2.75, 3.05) is 18.0 Å². The van der Waals surface area contributed by atoms with Gasteiger partial charge in [-0.1, -0.05) is 43.9 Å². The van der Waals surface area contributed by atoms with Crippen LogP contribution in [0.5, 0.6) is 0 Å². The lowest BCUT2D eigenvalue weighted by Crippen LogP contribution is -2.36. The Morgan fingerprint density at radius 3 is 2.52 bits per heavy atom. The second kappa shape index (κ2) is 8.05.